The van der Waals surface area contributed by atoms with Crippen LogP contribution in [0.2, 0.25) is 0 Å². The fourth-order valence-corrected chi connectivity index (χ4v) is 4.43. The van der Waals surface area contributed by atoms with E-state index in [-0.39, 0.29) is 0 Å². The third-order valence-electron chi connectivity index (χ3n) is 6.34. The van der Waals surface area contributed by atoms with E-state index < -0.39 is 0 Å². The molecule has 0 radical (unpaired) electrons. The predicted octanol–water partition coefficient (Wildman–Crippen LogP) is 5.41. The van der Waals surface area contributed by atoms with Crippen molar-refractivity contribution in [3.8, 4) is 11.1 Å². The normalized spacial score (nSPS) is 14.5. The molecular formula is C28H30N4O. The third kappa shape index (κ3) is 5.00. The van der Waals surface area contributed by atoms with Gasteiger partial charge in [0.05, 0.1) is 12.1 Å². The highest BCUT2D eigenvalue weighted by atomic mass is 16.5. The van der Waals surface area contributed by atoms with Crippen LogP contribution in [0.1, 0.15) is 0 Å². The second-order valence-corrected chi connectivity index (χ2v) is 8.45. The predicted molar refractivity (Wildman–Crippen MR) is 137 cm³/mol. The van der Waals surface area contributed by atoms with Crippen LogP contribution in [0.15, 0.2) is 85.1 Å². The maximum Gasteiger partial charge on any atom is 0.0723 e. The highest BCUT2D eigenvalue weighted by molar-refractivity contribution is 5.95. The molecule has 0 spiro atoms. The summed E-state index contributed by atoms with van der Waals surface area (Å²) in [5.74, 6) is 0. The number of hydrogen-bond acceptors (Lipinski definition) is 5. The van der Waals surface area contributed by atoms with E-state index in [0.29, 0.717) is 0 Å². The molecule has 5 heteroatoms. The van der Waals surface area contributed by atoms with E-state index in [9.17, 15) is 0 Å². The number of methoxy groups -OCH3 is 1. The number of hydrogen-bond donors (Lipinski definition) is 1. The van der Waals surface area contributed by atoms with Crippen LogP contribution < -0.4 is 10.2 Å². The Kier molecular flexibility index (Phi) is 6.51. The molecule has 2 heterocycles. The van der Waals surface area contributed by atoms with Gasteiger partial charge in [-0.05, 0) is 53.6 Å². The lowest BCUT2D eigenvalue weighted by Gasteiger charge is -2.36. The number of benzene rings is 3. The van der Waals surface area contributed by atoms with Crippen molar-refractivity contribution in [2.24, 2.45) is 0 Å². The lowest BCUT2D eigenvalue weighted by atomic mass is 10.0. The van der Waals surface area contributed by atoms with Gasteiger partial charge in [-0.2, -0.15) is 0 Å². The van der Waals surface area contributed by atoms with E-state index in [2.05, 4.69) is 86.8 Å². The highest BCUT2D eigenvalue weighted by Gasteiger charge is 2.16. The van der Waals surface area contributed by atoms with Gasteiger partial charge >= 0.3 is 0 Å². The minimum absolute atomic E-state index is 0.802. The van der Waals surface area contributed by atoms with Crippen molar-refractivity contribution < 1.29 is 4.74 Å². The number of aromatic nitrogens is 1. The number of piperazine rings is 1. The van der Waals surface area contributed by atoms with E-state index in [0.717, 1.165) is 61.6 Å². The summed E-state index contributed by atoms with van der Waals surface area (Å²) in [7, 11) is 1.77. The van der Waals surface area contributed by atoms with E-state index >= 15 is 0 Å². The minimum Gasteiger partial charge on any atom is -0.383 e. The smallest absolute Gasteiger partial charge is 0.0723 e. The Morgan fingerprint density at radius 3 is 2.39 bits per heavy atom. The van der Waals surface area contributed by atoms with E-state index in [4.69, 9.17) is 4.74 Å². The number of rotatable bonds is 7. The van der Waals surface area contributed by atoms with Crippen molar-refractivity contribution >= 4 is 28.0 Å². The number of fused-ring (bicyclic) bond motifs is 1. The number of ether oxygens (including phenoxy) is 1. The first-order chi connectivity index (χ1) is 16.3. The molecule has 0 saturated carbocycles. The van der Waals surface area contributed by atoms with Gasteiger partial charge < -0.3 is 15.0 Å². The molecule has 5 nitrogen and oxygen atoms in total. The third-order valence-corrected chi connectivity index (χ3v) is 6.34. The summed E-state index contributed by atoms with van der Waals surface area (Å²) in [5.41, 5.74) is 6.81. The molecule has 1 N–H and O–H groups in total. The molecule has 1 fully saturated rings. The first-order valence-corrected chi connectivity index (χ1v) is 11.6. The summed E-state index contributed by atoms with van der Waals surface area (Å²) in [6.45, 7) is 6.07. The molecule has 1 saturated heterocycles. The molecule has 1 aliphatic rings. The lowest BCUT2D eigenvalue weighted by Crippen LogP contribution is -2.47. The Labute approximate surface area is 195 Å². The molecule has 1 aliphatic heterocycles. The second kappa shape index (κ2) is 10.0. The number of nitrogens with one attached hydrogen (secondary N) is 1. The molecule has 0 amide bonds. The van der Waals surface area contributed by atoms with Crippen molar-refractivity contribution in [1.82, 2.24) is 9.88 Å². The Bertz CT molecular complexity index is 1190. The van der Waals surface area contributed by atoms with Crippen LogP contribution in [0.5, 0.6) is 0 Å². The molecule has 0 bridgehead atoms. The lowest BCUT2D eigenvalue weighted by molar-refractivity contribution is 0.144. The van der Waals surface area contributed by atoms with Gasteiger partial charge in [0, 0.05) is 68.5 Å². The zero-order valence-electron chi connectivity index (χ0n) is 19.1. The van der Waals surface area contributed by atoms with Crippen LogP contribution >= 0.6 is 0 Å². The van der Waals surface area contributed by atoms with Gasteiger partial charge in [0.15, 0.2) is 0 Å². The zero-order valence-corrected chi connectivity index (χ0v) is 19.1. The average Bonchev–Trinajstić information content (AvgIpc) is 2.89. The first-order valence-electron chi connectivity index (χ1n) is 11.6. The van der Waals surface area contributed by atoms with Crippen molar-refractivity contribution in [1.29, 1.82) is 0 Å². The monoisotopic (exact) mass is 438 g/mol. The molecule has 0 unspecified atom stereocenters. The zero-order chi connectivity index (χ0) is 22.5. The van der Waals surface area contributed by atoms with Gasteiger partial charge in [0.2, 0.25) is 0 Å². The molecule has 1 aromatic heterocycles. The van der Waals surface area contributed by atoms with Crippen LogP contribution in [-0.4, -0.2) is 56.3 Å². The first kappa shape index (κ1) is 21.4. The fourth-order valence-electron chi connectivity index (χ4n) is 4.43. The molecule has 0 atom stereocenters. The summed E-state index contributed by atoms with van der Waals surface area (Å²) in [4.78, 5) is 9.49. The standard InChI is InChI=1S/C28H30N4O/c1-33-20-19-31-15-17-32(18-16-31)25-10-8-24(9-11-25)30-28-13-14-29-27-12-7-23(21-26(27)28)22-5-3-2-4-6-22/h2-14,21H,15-20H2,1H3,(H,29,30). The number of pyridine rings is 1. The fraction of sp³-hybridized carbons (Fsp3) is 0.250. The minimum atomic E-state index is 0.802. The maximum atomic E-state index is 5.21. The van der Waals surface area contributed by atoms with Gasteiger partial charge in [-0.1, -0.05) is 36.4 Å². The van der Waals surface area contributed by atoms with Crippen LogP contribution in [-0.2, 0) is 4.74 Å². The highest BCUT2D eigenvalue weighted by Crippen LogP contribution is 2.30. The SMILES string of the molecule is COCCN1CCN(c2ccc(Nc3ccnc4ccc(-c5ccccc5)cc34)cc2)CC1. The maximum absolute atomic E-state index is 5.21. The van der Waals surface area contributed by atoms with E-state index in [1.165, 1.54) is 16.8 Å². The Hall–Kier alpha value is -3.41. The van der Waals surface area contributed by atoms with E-state index in [1.807, 2.05) is 18.3 Å². The molecule has 3 aromatic carbocycles. The van der Waals surface area contributed by atoms with Crippen LogP contribution in [0.4, 0.5) is 17.1 Å². The molecule has 168 valence electrons. The van der Waals surface area contributed by atoms with Crippen molar-refractivity contribution in [2.75, 3.05) is 56.7 Å². The van der Waals surface area contributed by atoms with Gasteiger partial charge in [0.1, 0.15) is 0 Å². The van der Waals surface area contributed by atoms with E-state index in [1.54, 1.807) is 7.11 Å². The van der Waals surface area contributed by atoms with Crippen LogP contribution in [0, 0.1) is 0 Å². The van der Waals surface area contributed by atoms with Gasteiger partial charge in [0.25, 0.3) is 0 Å². The summed E-state index contributed by atoms with van der Waals surface area (Å²) >= 11 is 0. The molecule has 0 aliphatic carbocycles. The van der Waals surface area contributed by atoms with Crippen molar-refractivity contribution in [3.63, 3.8) is 0 Å². The van der Waals surface area contributed by atoms with Crippen molar-refractivity contribution in [3.05, 3.63) is 85.1 Å². The molecule has 5 rings (SSSR count). The Morgan fingerprint density at radius 1 is 0.848 bits per heavy atom. The summed E-state index contributed by atoms with van der Waals surface area (Å²) in [6, 6.07) is 27.7. The Balaban J connectivity index is 1.31. The van der Waals surface area contributed by atoms with Gasteiger partial charge in [-0.3, -0.25) is 9.88 Å². The topological polar surface area (TPSA) is 40.6 Å². The van der Waals surface area contributed by atoms with Gasteiger partial charge in [-0.15, -0.1) is 0 Å². The largest absolute Gasteiger partial charge is 0.383 e. The number of nitrogens with zero attached hydrogens (tertiary/aromatic N) is 3. The summed E-state index contributed by atoms with van der Waals surface area (Å²) in [6.07, 6.45) is 1.87. The van der Waals surface area contributed by atoms with Crippen molar-refractivity contribution in [2.45, 2.75) is 0 Å². The van der Waals surface area contributed by atoms with Gasteiger partial charge in [-0.25, -0.2) is 0 Å². The second-order valence-electron chi connectivity index (χ2n) is 8.45. The average molecular weight is 439 g/mol. The summed E-state index contributed by atoms with van der Waals surface area (Å²) in [5, 5.41) is 4.73. The Morgan fingerprint density at radius 2 is 1.64 bits per heavy atom. The summed E-state index contributed by atoms with van der Waals surface area (Å²) < 4.78 is 5.21. The molecule has 4 aromatic rings. The van der Waals surface area contributed by atoms with Crippen LogP contribution in [0.25, 0.3) is 22.0 Å². The molecular weight excluding hydrogens is 408 g/mol. The molecule has 33 heavy (non-hydrogen) atoms. The quantitative estimate of drug-likeness (QED) is 0.418. The van der Waals surface area contributed by atoms with Crippen LogP contribution in [0.3, 0.4) is 0 Å². The number of anilines is 3.